The molecule has 6 heteroatoms. The Morgan fingerprint density at radius 3 is 2.25 bits per heavy atom. The number of benzene rings is 3. The number of rotatable bonds is 3. The molecule has 0 saturated carbocycles. The average Bonchev–Trinajstić information content (AvgIpc) is 2.71. The minimum Gasteiger partial charge on any atom is -0.449 e. The molecule has 0 radical (unpaired) electrons. The summed E-state index contributed by atoms with van der Waals surface area (Å²) >= 11 is 6.04. The van der Waals surface area contributed by atoms with E-state index < -0.39 is 6.16 Å². The summed E-state index contributed by atoms with van der Waals surface area (Å²) in [5.41, 5.74) is 10.3. The second kappa shape index (κ2) is 7.21. The van der Waals surface area contributed by atoms with Crippen LogP contribution in [0.3, 0.4) is 0 Å². The summed E-state index contributed by atoms with van der Waals surface area (Å²) in [7, 11) is 0. The maximum atomic E-state index is 11.2. The maximum Gasteiger partial charge on any atom is 0.511 e. The lowest BCUT2D eigenvalue weighted by Gasteiger charge is -2.13. The van der Waals surface area contributed by atoms with Gasteiger partial charge in [0.2, 0.25) is 0 Å². The summed E-state index contributed by atoms with van der Waals surface area (Å²) in [5.74, 6) is 0.0298. The Balaban J connectivity index is 1.85. The van der Waals surface area contributed by atoms with Gasteiger partial charge >= 0.3 is 6.16 Å². The van der Waals surface area contributed by atoms with Crippen molar-refractivity contribution in [2.75, 3.05) is 5.73 Å². The summed E-state index contributed by atoms with van der Waals surface area (Å²) in [5, 5.41) is 9.99. The van der Waals surface area contributed by atoms with E-state index in [1.807, 2.05) is 54.6 Å². The molecular weight excluding hydrogens is 376 g/mol. The van der Waals surface area contributed by atoms with E-state index in [4.69, 9.17) is 27.2 Å². The Labute approximate surface area is 166 Å². The van der Waals surface area contributed by atoms with Gasteiger partial charge in [0.15, 0.2) is 5.75 Å². The van der Waals surface area contributed by atoms with Gasteiger partial charge in [0, 0.05) is 16.0 Å². The van der Waals surface area contributed by atoms with Crippen LogP contribution in [0.15, 0.2) is 72.8 Å². The highest BCUT2D eigenvalue weighted by Gasteiger charge is 2.18. The summed E-state index contributed by atoms with van der Waals surface area (Å²) < 4.78 is 4.96. The van der Waals surface area contributed by atoms with Crippen LogP contribution in [0.1, 0.15) is 0 Å². The molecule has 0 aliphatic carbocycles. The fraction of sp³-hybridized carbons (Fsp3) is 0. The van der Waals surface area contributed by atoms with Gasteiger partial charge in [-0.2, -0.15) is 0 Å². The highest BCUT2D eigenvalue weighted by Crippen LogP contribution is 2.39. The predicted octanol–water partition coefficient (Wildman–Crippen LogP) is 5.86. The number of carboxylic acid groups (broad SMARTS) is 1. The molecule has 1 heterocycles. The lowest BCUT2D eigenvalue weighted by atomic mass is 10.0. The van der Waals surface area contributed by atoms with Crippen molar-refractivity contribution in [1.29, 1.82) is 0 Å². The molecule has 0 atom stereocenters. The first-order valence-corrected chi connectivity index (χ1v) is 8.86. The van der Waals surface area contributed by atoms with E-state index in [0.29, 0.717) is 21.6 Å². The van der Waals surface area contributed by atoms with Crippen LogP contribution < -0.4 is 10.5 Å². The van der Waals surface area contributed by atoms with Gasteiger partial charge in [-0.05, 0) is 29.3 Å². The zero-order valence-corrected chi connectivity index (χ0v) is 15.4. The van der Waals surface area contributed by atoms with Gasteiger partial charge in [0.1, 0.15) is 5.69 Å². The number of nitrogen functional groups attached to an aromatic ring is 1. The first kappa shape index (κ1) is 17.8. The number of nitrogens with zero attached hydrogens (tertiary/aromatic N) is 1. The van der Waals surface area contributed by atoms with Crippen molar-refractivity contribution < 1.29 is 14.6 Å². The number of anilines is 1. The molecule has 3 aromatic carbocycles. The van der Waals surface area contributed by atoms with Crippen molar-refractivity contribution in [3.8, 4) is 28.1 Å². The number of hydrogen-bond acceptors (Lipinski definition) is 4. The number of aromatic nitrogens is 1. The minimum atomic E-state index is -1.45. The monoisotopic (exact) mass is 390 g/mol. The highest BCUT2D eigenvalue weighted by atomic mass is 35.5. The Bertz CT molecular complexity index is 1180. The number of carbonyl (C=O) groups is 1. The van der Waals surface area contributed by atoms with E-state index >= 15 is 0 Å². The zero-order chi connectivity index (χ0) is 19.7. The zero-order valence-electron chi connectivity index (χ0n) is 14.6. The van der Waals surface area contributed by atoms with Gasteiger partial charge < -0.3 is 15.6 Å². The second-order valence-electron chi connectivity index (χ2n) is 6.18. The minimum absolute atomic E-state index is 0.0298. The first-order chi connectivity index (χ1) is 13.5. The molecule has 5 nitrogen and oxygen atoms in total. The molecule has 0 bridgehead atoms. The molecule has 4 aromatic rings. The van der Waals surface area contributed by atoms with E-state index in [1.54, 1.807) is 18.2 Å². The van der Waals surface area contributed by atoms with Gasteiger partial charge in [0.25, 0.3) is 0 Å². The fourth-order valence-corrected chi connectivity index (χ4v) is 3.26. The smallest absolute Gasteiger partial charge is 0.449 e. The van der Waals surface area contributed by atoms with E-state index in [1.165, 1.54) is 0 Å². The third kappa shape index (κ3) is 3.35. The van der Waals surface area contributed by atoms with Crippen LogP contribution in [0.25, 0.3) is 33.3 Å². The number of pyridine rings is 1. The molecule has 28 heavy (non-hydrogen) atoms. The normalized spacial score (nSPS) is 10.8. The number of halogens is 1. The molecule has 0 unspecified atom stereocenters. The van der Waals surface area contributed by atoms with Crippen molar-refractivity contribution in [3.63, 3.8) is 0 Å². The van der Waals surface area contributed by atoms with Crippen LogP contribution in [-0.2, 0) is 0 Å². The number of ether oxygens (including phenoxy) is 1. The van der Waals surface area contributed by atoms with Crippen LogP contribution in [0.4, 0.5) is 10.5 Å². The summed E-state index contributed by atoms with van der Waals surface area (Å²) in [6.45, 7) is 0. The molecule has 0 aliphatic rings. The fourth-order valence-electron chi connectivity index (χ4n) is 3.09. The summed E-state index contributed by atoms with van der Waals surface area (Å²) in [4.78, 5) is 15.8. The predicted molar refractivity (Wildman–Crippen MR) is 111 cm³/mol. The first-order valence-electron chi connectivity index (χ1n) is 8.48. The van der Waals surface area contributed by atoms with E-state index in [9.17, 15) is 4.79 Å². The Hall–Kier alpha value is -3.57. The second-order valence-corrected chi connectivity index (χ2v) is 6.61. The lowest BCUT2D eigenvalue weighted by Crippen LogP contribution is -2.07. The Kier molecular flexibility index (Phi) is 4.59. The molecular formula is C22H15ClN2O3. The Morgan fingerprint density at radius 2 is 1.57 bits per heavy atom. The van der Waals surface area contributed by atoms with Crippen molar-refractivity contribution in [1.82, 2.24) is 4.98 Å². The maximum absolute atomic E-state index is 11.2. The highest BCUT2D eigenvalue weighted by molar-refractivity contribution is 6.31. The summed E-state index contributed by atoms with van der Waals surface area (Å²) in [6, 6.07) is 22.7. The van der Waals surface area contributed by atoms with Gasteiger partial charge in [-0.3, -0.25) is 0 Å². The molecule has 4 rings (SSSR count). The third-order valence-electron chi connectivity index (χ3n) is 4.39. The number of fused-ring (bicyclic) bond motifs is 1. The van der Waals surface area contributed by atoms with E-state index in [-0.39, 0.29) is 11.4 Å². The molecule has 0 saturated heterocycles. The van der Waals surface area contributed by atoms with Crippen molar-refractivity contribution in [2.24, 2.45) is 0 Å². The van der Waals surface area contributed by atoms with Gasteiger partial charge in [-0.25, -0.2) is 9.78 Å². The largest absolute Gasteiger partial charge is 0.511 e. The van der Waals surface area contributed by atoms with Crippen molar-refractivity contribution in [3.05, 3.63) is 77.8 Å². The van der Waals surface area contributed by atoms with Crippen LogP contribution >= 0.6 is 11.6 Å². The van der Waals surface area contributed by atoms with E-state index in [2.05, 4.69) is 4.98 Å². The molecule has 0 spiro atoms. The molecule has 3 N–H and O–H groups in total. The van der Waals surface area contributed by atoms with Crippen LogP contribution in [0, 0.1) is 0 Å². The van der Waals surface area contributed by atoms with Gasteiger partial charge in [0.05, 0.1) is 11.2 Å². The topological polar surface area (TPSA) is 85.4 Å². The van der Waals surface area contributed by atoms with Crippen molar-refractivity contribution in [2.45, 2.75) is 0 Å². The van der Waals surface area contributed by atoms with Crippen LogP contribution in [-0.4, -0.2) is 16.2 Å². The molecule has 138 valence electrons. The SMILES string of the molecule is Nc1c(-c2ccc(-c3ccccc3)cc2)nc2ccc(Cl)cc2c1OC(=O)O. The van der Waals surface area contributed by atoms with Gasteiger partial charge in [-0.15, -0.1) is 0 Å². The third-order valence-corrected chi connectivity index (χ3v) is 4.63. The standard InChI is InChI=1S/C22H15ClN2O3/c23-16-10-11-18-17(12-16)21(28-22(26)27)19(24)20(25-18)15-8-6-14(7-9-15)13-4-2-1-3-5-13/h1-12H,24H2,(H,26,27). The number of nitrogens with two attached hydrogens (primary N) is 1. The Morgan fingerprint density at radius 1 is 0.929 bits per heavy atom. The molecule has 0 fully saturated rings. The lowest BCUT2D eigenvalue weighted by molar-refractivity contribution is 0.145. The van der Waals surface area contributed by atoms with Crippen LogP contribution in [0.5, 0.6) is 5.75 Å². The molecule has 0 amide bonds. The van der Waals surface area contributed by atoms with Crippen molar-refractivity contribution >= 4 is 34.3 Å². The van der Waals surface area contributed by atoms with E-state index in [0.717, 1.165) is 16.7 Å². The quantitative estimate of drug-likeness (QED) is 0.428. The molecule has 0 aliphatic heterocycles. The van der Waals surface area contributed by atoms with Gasteiger partial charge in [-0.1, -0.05) is 66.2 Å². The number of hydrogen-bond donors (Lipinski definition) is 2. The molecule has 1 aromatic heterocycles. The van der Waals surface area contributed by atoms with Crippen LogP contribution in [0.2, 0.25) is 5.02 Å². The average molecular weight is 391 g/mol. The summed E-state index contributed by atoms with van der Waals surface area (Å²) in [6.07, 6.45) is -1.45.